The lowest BCUT2D eigenvalue weighted by Crippen LogP contribution is -2.37. The lowest BCUT2D eigenvalue weighted by Gasteiger charge is -2.08. The standard InChI is InChI=1S/C18H17F3N2O3/c19-14-3-1-2-13(8-14)9-16(24)23-11-17(25)22-10-12-4-6-15(7-5-12)26-18(20)21/h1-8,18H,9-11H2,(H,22,25)(H,23,24). The molecule has 2 aromatic rings. The predicted molar refractivity (Wildman–Crippen MR) is 88.0 cm³/mol. The van der Waals surface area contributed by atoms with Gasteiger partial charge in [0.25, 0.3) is 0 Å². The highest BCUT2D eigenvalue weighted by molar-refractivity contribution is 5.85. The van der Waals surface area contributed by atoms with E-state index in [1.807, 2.05) is 0 Å². The number of carbonyl (C=O) groups excluding carboxylic acids is 2. The Morgan fingerprint density at radius 1 is 0.962 bits per heavy atom. The van der Waals surface area contributed by atoms with Gasteiger partial charge in [-0.2, -0.15) is 8.78 Å². The minimum atomic E-state index is -2.89. The number of hydrogen-bond acceptors (Lipinski definition) is 3. The Labute approximate surface area is 148 Å². The molecule has 0 aromatic heterocycles. The minimum absolute atomic E-state index is 0.0275. The van der Waals surface area contributed by atoms with Gasteiger partial charge in [0.05, 0.1) is 13.0 Å². The zero-order valence-corrected chi connectivity index (χ0v) is 13.7. The zero-order chi connectivity index (χ0) is 18.9. The molecule has 5 nitrogen and oxygen atoms in total. The summed E-state index contributed by atoms with van der Waals surface area (Å²) >= 11 is 0. The largest absolute Gasteiger partial charge is 0.435 e. The van der Waals surface area contributed by atoms with Crippen LogP contribution in [0.4, 0.5) is 13.2 Å². The molecule has 138 valence electrons. The second-order valence-corrected chi connectivity index (χ2v) is 5.38. The molecule has 0 fully saturated rings. The molecule has 0 unspecified atom stereocenters. The number of nitrogens with one attached hydrogen (secondary N) is 2. The lowest BCUT2D eigenvalue weighted by atomic mass is 10.1. The zero-order valence-electron chi connectivity index (χ0n) is 13.7. The van der Waals surface area contributed by atoms with Crippen molar-refractivity contribution < 1.29 is 27.5 Å². The number of alkyl halides is 2. The van der Waals surface area contributed by atoms with Gasteiger partial charge in [-0.1, -0.05) is 24.3 Å². The van der Waals surface area contributed by atoms with Gasteiger partial charge in [-0.15, -0.1) is 0 Å². The molecular formula is C18H17F3N2O3. The molecule has 0 saturated carbocycles. The third-order valence-electron chi connectivity index (χ3n) is 3.34. The van der Waals surface area contributed by atoms with Crippen LogP contribution in [0, 0.1) is 5.82 Å². The van der Waals surface area contributed by atoms with Gasteiger partial charge in [0.2, 0.25) is 11.8 Å². The van der Waals surface area contributed by atoms with Crippen LogP contribution in [0.1, 0.15) is 11.1 Å². The van der Waals surface area contributed by atoms with Crippen LogP contribution in [0.3, 0.4) is 0 Å². The van der Waals surface area contributed by atoms with Crippen molar-refractivity contribution in [1.82, 2.24) is 10.6 Å². The van der Waals surface area contributed by atoms with Crippen molar-refractivity contribution in [1.29, 1.82) is 0 Å². The van der Waals surface area contributed by atoms with Crippen LogP contribution in [0.2, 0.25) is 0 Å². The van der Waals surface area contributed by atoms with E-state index in [1.54, 1.807) is 18.2 Å². The second kappa shape index (κ2) is 9.45. The van der Waals surface area contributed by atoms with E-state index in [9.17, 15) is 22.8 Å². The molecule has 2 amide bonds. The van der Waals surface area contributed by atoms with Crippen LogP contribution < -0.4 is 15.4 Å². The summed E-state index contributed by atoms with van der Waals surface area (Å²) in [6, 6.07) is 11.5. The SMILES string of the molecule is O=C(CNC(=O)Cc1cccc(F)c1)NCc1ccc(OC(F)F)cc1. The van der Waals surface area contributed by atoms with Crippen molar-refractivity contribution in [3.8, 4) is 5.75 Å². The lowest BCUT2D eigenvalue weighted by molar-refractivity contribution is -0.125. The van der Waals surface area contributed by atoms with Gasteiger partial charge in [0, 0.05) is 6.54 Å². The maximum atomic E-state index is 13.0. The van der Waals surface area contributed by atoms with Gasteiger partial charge in [-0.3, -0.25) is 9.59 Å². The highest BCUT2D eigenvalue weighted by Crippen LogP contribution is 2.14. The first kappa shape index (κ1) is 19.3. The summed E-state index contributed by atoms with van der Waals surface area (Å²) in [4.78, 5) is 23.5. The summed E-state index contributed by atoms with van der Waals surface area (Å²) in [5.41, 5.74) is 1.19. The Kier molecular flexibility index (Phi) is 7.02. The van der Waals surface area contributed by atoms with Crippen LogP contribution >= 0.6 is 0 Å². The maximum Gasteiger partial charge on any atom is 0.387 e. The molecule has 0 atom stereocenters. The summed E-state index contributed by atoms with van der Waals surface area (Å²) in [7, 11) is 0. The average molecular weight is 366 g/mol. The fourth-order valence-electron chi connectivity index (χ4n) is 2.13. The van der Waals surface area contributed by atoms with Gasteiger partial charge < -0.3 is 15.4 Å². The monoisotopic (exact) mass is 366 g/mol. The highest BCUT2D eigenvalue weighted by atomic mass is 19.3. The molecule has 0 bridgehead atoms. The number of amides is 2. The van der Waals surface area contributed by atoms with Gasteiger partial charge in [-0.25, -0.2) is 4.39 Å². The van der Waals surface area contributed by atoms with Crippen molar-refractivity contribution in [2.45, 2.75) is 19.6 Å². The molecule has 0 radical (unpaired) electrons. The van der Waals surface area contributed by atoms with Crippen LogP contribution in [0.5, 0.6) is 5.75 Å². The van der Waals surface area contributed by atoms with Crippen LogP contribution in [-0.2, 0) is 22.6 Å². The summed E-state index contributed by atoms with van der Waals surface area (Å²) in [6.07, 6.45) is -0.0311. The van der Waals surface area contributed by atoms with Crippen molar-refractivity contribution in [3.05, 3.63) is 65.5 Å². The van der Waals surface area contributed by atoms with E-state index in [4.69, 9.17) is 0 Å². The Balaban J connectivity index is 1.70. The van der Waals surface area contributed by atoms with Crippen molar-refractivity contribution >= 4 is 11.8 Å². The van der Waals surface area contributed by atoms with Crippen molar-refractivity contribution in [2.75, 3.05) is 6.54 Å². The maximum absolute atomic E-state index is 13.0. The van der Waals surface area contributed by atoms with E-state index >= 15 is 0 Å². The fraction of sp³-hybridized carbons (Fsp3) is 0.222. The van der Waals surface area contributed by atoms with Gasteiger partial charge in [0.1, 0.15) is 11.6 Å². The number of rotatable bonds is 8. The van der Waals surface area contributed by atoms with Gasteiger partial charge in [-0.05, 0) is 35.4 Å². The summed E-state index contributed by atoms with van der Waals surface area (Å²) in [6.45, 7) is -2.94. The van der Waals surface area contributed by atoms with Crippen LogP contribution in [-0.4, -0.2) is 25.0 Å². The number of benzene rings is 2. The molecule has 26 heavy (non-hydrogen) atoms. The first-order valence-corrected chi connectivity index (χ1v) is 7.74. The number of ether oxygens (including phenoxy) is 1. The third-order valence-corrected chi connectivity index (χ3v) is 3.34. The summed E-state index contributed by atoms with van der Waals surface area (Å²) < 4.78 is 41.4. The molecule has 0 spiro atoms. The van der Waals surface area contributed by atoms with Crippen molar-refractivity contribution in [3.63, 3.8) is 0 Å². The normalized spacial score (nSPS) is 10.5. The van der Waals surface area contributed by atoms with Gasteiger partial charge >= 0.3 is 6.61 Å². The number of halogens is 3. The van der Waals surface area contributed by atoms with E-state index in [0.29, 0.717) is 11.1 Å². The molecule has 8 heteroatoms. The summed E-state index contributed by atoms with van der Waals surface area (Å²) in [5.74, 6) is -1.22. The van der Waals surface area contributed by atoms with E-state index in [1.165, 1.54) is 30.3 Å². The molecule has 0 aliphatic rings. The minimum Gasteiger partial charge on any atom is -0.435 e. The Morgan fingerprint density at radius 2 is 1.69 bits per heavy atom. The first-order chi connectivity index (χ1) is 12.4. The Hall–Kier alpha value is -3.03. The first-order valence-electron chi connectivity index (χ1n) is 7.74. The van der Waals surface area contributed by atoms with E-state index in [-0.39, 0.29) is 25.3 Å². The molecule has 2 rings (SSSR count). The molecule has 2 aromatic carbocycles. The number of hydrogen-bond donors (Lipinski definition) is 2. The molecule has 0 heterocycles. The van der Waals surface area contributed by atoms with E-state index < -0.39 is 24.2 Å². The molecule has 2 N–H and O–H groups in total. The Morgan fingerprint density at radius 3 is 2.35 bits per heavy atom. The number of carbonyl (C=O) groups is 2. The van der Waals surface area contributed by atoms with Gasteiger partial charge in [0.15, 0.2) is 0 Å². The third kappa shape index (κ3) is 6.84. The van der Waals surface area contributed by atoms with E-state index in [0.717, 1.165) is 0 Å². The molecule has 0 aliphatic carbocycles. The highest BCUT2D eigenvalue weighted by Gasteiger charge is 2.08. The van der Waals surface area contributed by atoms with Crippen LogP contribution in [0.15, 0.2) is 48.5 Å². The smallest absolute Gasteiger partial charge is 0.387 e. The van der Waals surface area contributed by atoms with E-state index in [2.05, 4.69) is 15.4 Å². The topological polar surface area (TPSA) is 67.4 Å². The second-order valence-electron chi connectivity index (χ2n) is 5.38. The predicted octanol–water partition coefficient (Wildman–Crippen LogP) is 2.40. The van der Waals surface area contributed by atoms with Crippen LogP contribution in [0.25, 0.3) is 0 Å². The quantitative estimate of drug-likeness (QED) is 0.754. The van der Waals surface area contributed by atoms with Crippen molar-refractivity contribution in [2.24, 2.45) is 0 Å². The summed E-state index contributed by atoms with van der Waals surface area (Å²) in [5, 5.41) is 5.03. The fourth-order valence-corrected chi connectivity index (χ4v) is 2.13. The molecule has 0 aliphatic heterocycles. The Bertz CT molecular complexity index is 752. The molecular weight excluding hydrogens is 349 g/mol. The molecule has 0 saturated heterocycles. The average Bonchev–Trinajstić information content (AvgIpc) is 2.59.